The van der Waals surface area contributed by atoms with Crippen LogP contribution in [0.15, 0.2) is 53.7 Å². The number of hydrogen-bond acceptors (Lipinski definition) is 3. The quantitative estimate of drug-likeness (QED) is 0.630. The molecule has 0 saturated carbocycles. The molecule has 0 spiro atoms. The van der Waals surface area contributed by atoms with Crippen LogP contribution in [0.3, 0.4) is 0 Å². The molecule has 19 heavy (non-hydrogen) atoms. The molecule has 0 bridgehead atoms. The smallest absolute Gasteiger partial charge is 0.308 e. The lowest BCUT2D eigenvalue weighted by atomic mass is 10.2. The Labute approximate surface area is 110 Å². The molecule has 0 radical (unpaired) electrons. The van der Waals surface area contributed by atoms with E-state index in [1.807, 2.05) is 0 Å². The van der Waals surface area contributed by atoms with E-state index in [2.05, 4.69) is 0 Å². The minimum atomic E-state index is -3.67. The van der Waals surface area contributed by atoms with E-state index in [0.717, 1.165) is 6.20 Å². The maximum Gasteiger partial charge on any atom is 0.308 e. The summed E-state index contributed by atoms with van der Waals surface area (Å²) in [6.45, 7) is 0. The fourth-order valence-electron chi connectivity index (χ4n) is 1.70. The molecule has 0 aliphatic carbocycles. The van der Waals surface area contributed by atoms with Gasteiger partial charge in [-0.3, -0.25) is 0 Å². The Morgan fingerprint density at radius 2 is 1.95 bits per heavy atom. The normalized spacial score (nSPS) is 11.4. The van der Waals surface area contributed by atoms with Gasteiger partial charge in [0.2, 0.25) is 9.84 Å². The SMILES string of the molecule is O=S(=O)(CCc1cccc(F)c1)c1cccc[n+]1[O-]. The Morgan fingerprint density at radius 3 is 2.63 bits per heavy atom. The third kappa shape index (κ3) is 3.29. The molecule has 2 aromatic rings. The van der Waals surface area contributed by atoms with Crippen molar-refractivity contribution in [1.82, 2.24) is 0 Å². The average Bonchev–Trinajstić information content (AvgIpc) is 2.37. The zero-order valence-corrected chi connectivity index (χ0v) is 10.8. The molecule has 6 heteroatoms. The van der Waals surface area contributed by atoms with Crippen molar-refractivity contribution >= 4 is 9.84 Å². The predicted octanol–water partition coefficient (Wildman–Crippen LogP) is 1.48. The van der Waals surface area contributed by atoms with Gasteiger partial charge in [-0.25, -0.2) is 12.8 Å². The number of pyridine rings is 1. The summed E-state index contributed by atoms with van der Waals surface area (Å²) in [6.07, 6.45) is 1.30. The maximum absolute atomic E-state index is 13.0. The topological polar surface area (TPSA) is 61.1 Å². The molecule has 2 rings (SSSR count). The zero-order valence-electron chi connectivity index (χ0n) is 9.99. The third-order valence-corrected chi connectivity index (χ3v) is 4.35. The van der Waals surface area contributed by atoms with Crippen LogP contribution in [0.4, 0.5) is 4.39 Å². The van der Waals surface area contributed by atoms with E-state index in [4.69, 9.17) is 0 Å². The van der Waals surface area contributed by atoms with Crippen LogP contribution in [0.25, 0.3) is 0 Å². The number of sulfone groups is 1. The van der Waals surface area contributed by atoms with Gasteiger partial charge < -0.3 is 5.21 Å². The molecule has 0 saturated heterocycles. The number of hydrogen-bond donors (Lipinski definition) is 0. The number of rotatable bonds is 4. The summed E-state index contributed by atoms with van der Waals surface area (Å²) >= 11 is 0. The first kappa shape index (κ1) is 13.5. The number of aromatic nitrogens is 1. The molecule has 0 aliphatic heterocycles. The van der Waals surface area contributed by atoms with Crippen molar-refractivity contribution in [1.29, 1.82) is 0 Å². The first-order valence-electron chi connectivity index (χ1n) is 5.64. The van der Waals surface area contributed by atoms with Gasteiger partial charge in [-0.1, -0.05) is 12.1 Å². The van der Waals surface area contributed by atoms with E-state index in [1.54, 1.807) is 6.07 Å². The van der Waals surface area contributed by atoms with Crippen LogP contribution in [0.5, 0.6) is 0 Å². The van der Waals surface area contributed by atoms with Crippen LogP contribution in [-0.4, -0.2) is 14.2 Å². The fourth-order valence-corrected chi connectivity index (χ4v) is 3.04. The third-order valence-electron chi connectivity index (χ3n) is 2.66. The zero-order chi connectivity index (χ0) is 13.9. The summed E-state index contributed by atoms with van der Waals surface area (Å²) in [5.41, 5.74) is 0.581. The molecule has 0 fully saturated rings. The van der Waals surface area contributed by atoms with Gasteiger partial charge >= 0.3 is 5.03 Å². The van der Waals surface area contributed by atoms with E-state index in [0.29, 0.717) is 10.3 Å². The van der Waals surface area contributed by atoms with E-state index >= 15 is 0 Å². The van der Waals surface area contributed by atoms with E-state index in [-0.39, 0.29) is 17.2 Å². The number of halogens is 1. The van der Waals surface area contributed by atoms with Gasteiger partial charge in [0.05, 0.1) is 5.75 Å². The highest BCUT2D eigenvalue weighted by Crippen LogP contribution is 2.10. The Kier molecular flexibility index (Phi) is 3.80. The molecular formula is C13H12FNO3S. The molecule has 0 amide bonds. The first-order chi connectivity index (χ1) is 8.99. The van der Waals surface area contributed by atoms with Gasteiger partial charge in [0.25, 0.3) is 0 Å². The van der Waals surface area contributed by atoms with Crippen molar-refractivity contribution in [2.24, 2.45) is 0 Å². The van der Waals surface area contributed by atoms with E-state index in [1.165, 1.54) is 36.4 Å². The second-order valence-electron chi connectivity index (χ2n) is 4.06. The van der Waals surface area contributed by atoms with Gasteiger partial charge in [-0.05, 0) is 30.2 Å². The maximum atomic E-state index is 13.0. The Balaban J connectivity index is 2.17. The summed E-state index contributed by atoms with van der Waals surface area (Å²) in [5.74, 6) is -0.642. The van der Waals surface area contributed by atoms with Crippen molar-refractivity contribution in [2.75, 3.05) is 5.75 Å². The molecule has 1 aromatic heterocycles. The summed E-state index contributed by atoms with van der Waals surface area (Å²) < 4.78 is 37.3. The van der Waals surface area contributed by atoms with Crippen LogP contribution in [0, 0.1) is 11.0 Å². The van der Waals surface area contributed by atoms with Crippen molar-refractivity contribution in [3.05, 3.63) is 65.2 Å². The molecule has 0 N–H and O–H groups in total. The molecule has 0 atom stereocenters. The second-order valence-corrected chi connectivity index (χ2v) is 6.12. The lowest BCUT2D eigenvalue weighted by Gasteiger charge is -2.05. The lowest BCUT2D eigenvalue weighted by molar-refractivity contribution is -0.646. The lowest BCUT2D eigenvalue weighted by Crippen LogP contribution is -2.34. The highest BCUT2D eigenvalue weighted by Gasteiger charge is 2.22. The van der Waals surface area contributed by atoms with Gasteiger partial charge in [0.1, 0.15) is 5.82 Å². The van der Waals surface area contributed by atoms with Gasteiger partial charge in [0.15, 0.2) is 6.20 Å². The summed E-state index contributed by atoms with van der Waals surface area (Å²) in [5, 5.41) is 11.1. The fraction of sp³-hybridized carbons (Fsp3) is 0.154. The predicted molar refractivity (Wildman–Crippen MR) is 67.6 cm³/mol. The van der Waals surface area contributed by atoms with Crippen LogP contribution in [-0.2, 0) is 16.3 Å². The molecular weight excluding hydrogens is 269 g/mol. The van der Waals surface area contributed by atoms with Crippen LogP contribution < -0.4 is 4.73 Å². The molecule has 0 aliphatic rings. The summed E-state index contributed by atoms with van der Waals surface area (Å²) in [4.78, 5) is 0. The van der Waals surface area contributed by atoms with Gasteiger partial charge in [-0.15, -0.1) is 0 Å². The molecule has 0 unspecified atom stereocenters. The largest absolute Gasteiger partial charge is 0.618 e. The molecule has 4 nitrogen and oxygen atoms in total. The standard InChI is InChI=1S/C13H12FNO3S/c14-12-5-3-4-11(10-12)7-9-19(17,18)13-6-1-2-8-15(13)16/h1-6,8,10H,7,9H2. The van der Waals surface area contributed by atoms with Crippen molar-refractivity contribution < 1.29 is 17.5 Å². The van der Waals surface area contributed by atoms with Crippen molar-refractivity contribution in [2.45, 2.75) is 11.4 Å². The summed E-state index contributed by atoms with van der Waals surface area (Å²) in [7, 11) is -3.67. The monoisotopic (exact) mass is 281 g/mol. The Hall–Kier alpha value is -1.95. The summed E-state index contributed by atoms with van der Waals surface area (Å²) in [6, 6.07) is 9.95. The van der Waals surface area contributed by atoms with Gasteiger partial charge in [-0.2, -0.15) is 4.73 Å². The average molecular weight is 281 g/mol. The van der Waals surface area contributed by atoms with E-state index in [9.17, 15) is 18.0 Å². The van der Waals surface area contributed by atoms with E-state index < -0.39 is 15.7 Å². The van der Waals surface area contributed by atoms with Gasteiger partial charge in [0, 0.05) is 12.1 Å². The second kappa shape index (κ2) is 5.36. The number of nitrogens with zero attached hydrogens (tertiary/aromatic N) is 1. The first-order valence-corrected chi connectivity index (χ1v) is 7.30. The molecule has 1 aromatic carbocycles. The minimum Gasteiger partial charge on any atom is -0.618 e. The van der Waals surface area contributed by atoms with Crippen molar-refractivity contribution in [3.8, 4) is 0 Å². The Bertz CT molecular complexity index is 686. The Morgan fingerprint density at radius 1 is 1.16 bits per heavy atom. The molecule has 1 heterocycles. The minimum absolute atomic E-state index is 0.162. The highest BCUT2D eigenvalue weighted by molar-refractivity contribution is 7.91. The molecule has 100 valence electrons. The number of aryl methyl sites for hydroxylation is 1. The number of benzene rings is 1. The van der Waals surface area contributed by atoms with Crippen LogP contribution >= 0.6 is 0 Å². The van der Waals surface area contributed by atoms with Crippen molar-refractivity contribution in [3.63, 3.8) is 0 Å². The van der Waals surface area contributed by atoms with Crippen LogP contribution in [0.2, 0.25) is 0 Å². The van der Waals surface area contributed by atoms with Crippen LogP contribution in [0.1, 0.15) is 5.56 Å². The highest BCUT2D eigenvalue weighted by atomic mass is 32.2.